The molecule has 0 bridgehead atoms. The summed E-state index contributed by atoms with van der Waals surface area (Å²) in [5.41, 5.74) is 0.207. The van der Waals surface area contributed by atoms with Crippen molar-refractivity contribution in [2.24, 2.45) is 5.14 Å². The zero-order chi connectivity index (χ0) is 11.8. The SMILES string of the molecule is NS(=O)(=O)c1cccc(C=O)c1OC1CC1. The number of benzene rings is 1. The predicted molar refractivity (Wildman–Crippen MR) is 56.9 cm³/mol. The Morgan fingerprint density at radius 1 is 1.38 bits per heavy atom. The fourth-order valence-electron chi connectivity index (χ4n) is 1.33. The first-order valence-electron chi connectivity index (χ1n) is 4.80. The zero-order valence-corrected chi connectivity index (χ0v) is 9.24. The number of primary sulfonamides is 1. The summed E-state index contributed by atoms with van der Waals surface area (Å²) < 4.78 is 28.0. The molecule has 0 amide bonds. The highest BCUT2D eigenvalue weighted by Crippen LogP contribution is 2.33. The Bertz CT molecular complexity index is 520. The van der Waals surface area contributed by atoms with E-state index in [1.165, 1.54) is 18.2 Å². The molecule has 0 unspecified atom stereocenters. The van der Waals surface area contributed by atoms with Gasteiger partial charge in [0.2, 0.25) is 10.0 Å². The van der Waals surface area contributed by atoms with E-state index in [0.717, 1.165) is 12.8 Å². The molecule has 6 heteroatoms. The Morgan fingerprint density at radius 3 is 2.56 bits per heavy atom. The maximum Gasteiger partial charge on any atom is 0.241 e. The van der Waals surface area contributed by atoms with Crippen molar-refractivity contribution in [1.29, 1.82) is 0 Å². The Balaban J connectivity index is 2.53. The van der Waals surface area contributed by atoms with Crippen molar-refractivity contribution in [3.63, 3.8) is 0 Å². The van der Waals surface area contributed by atoms with Crippen LogP contribution in [0.5, 0.6) is 5.75 Å². The van der Waals surface area contributed by atoms with Gasteiger partial charge in [-0.15, -0.1) is 0 Å². The van der Waals surface area contributed by atoms with Gasteiger partial charge in [-0.1, -0.05) is 6.07 Å². The quantitative estimate of drug-likeness (QED) is 0.785. The lowest BCUT2D eigenvalue weighted by Gasteiger charge is -2.11. The number of ether oxygens (including phenoxy) is 1. The molecule has 0 spiro atoms. The lowest BCUT2D eigenvalue weighted by atomic mass is 10.2. The zero-order valence-electron chi connectivity index (χ0n) is 8.42. The normalized spacial score (nSPS) is 15.8. The van der Waals surface area contributed by atoms with Crippen LogP contribution in [0.2, 0.25) is 0 Å². The minimum absolute atomic E-state index is 0.00148. The van der Waals surface area contributed by atoms with E-state index in [-0.39, 0.29) is 22.3 Å². The van der Waals surface area contributed by atoms with E-state index >= 15 is 0 Å². The molecule has 0 heterocycles. The molecule has 16 heavy (non-hydrogen) atoms. The summed E-state index contributed by atoms with van der Waals surface area (Å²) in [5.74, 6) is 0.0718. The first kappa shape index (κ1) is 11.1. The van der Waals surface area contributed by atoms with Crippen LogP contribution in [0.3, 0.4) is 0 Å². The van der Waals surface area contributed by atoms with E-state index in [1.807, 2.05) is 0 Å². The monoisotopic (exact) mass is 241 g/mol. The predicted octanol–water partition coefficient (Wildman–Crippen LogP) is 0.688. The number of aldehydes is 1. The molecule has 0 atom stereocenters. The van der Waals surface area contributed by atoms with E-state index in [9.17, 15) is 13.2 Å². The van der Waals surface area contributed by atoms with Crippen LogP contribution in [-0.4, -0.2) is 20.8 Å². The molecule has 1 aromatic carbocycles. The first-order valence-corrected chi connectivity index (χ1v) is 6.34. The molecule has 0 radical (unpaired) electrons. The smallest absolute Gasteiger partial charge is 0.241 e. The summed E-state index contributed by atoms with van der Waals surface area (Å²) in [4.78, 5) is 10.7. The number of hydrogen-bond acceptors (Lipinski definition) is 4. The van der Waals surface area contributed by atoms with Gasteiger partial charge in [-0.3, -0.25) is 4.79 Å². The third kappa shape index (κ3) is 2.23. The maximum absolute atomic E-state index is 11.3. The summed E-state index contributed by atoms with van der Waals surface area (Å²) in [6.45, 7) is 0. The van der Waals surface area contributed by atoms with Gasteiger partial charge in [-0.2, -0.15) is 0 Å². The Labute approximate surface area is 93.3 Å². The molecule has 0 saturated heterocycles. The average molecular weight is 241 g/mol. The number of hydrogen-bond donors (Lipinski definition) is 1. The molecule has 0 aliphatic heterocycles. The van der Waals surface area contributed by atoms with Gasteiger partial charge < -0.3 is 4.74 Å². The van der Waals surface area contributed by atoms with Gasteiger partial charge in [0.25, 0.3) is 0 Å². The Morgan fingerprint density at radius 2 is 2.06 bits per heavy atom. The summed E-state index contributed by atoms with van der Waals surface area (Å²) in [5, 5.41) is 5.05. The maximum atomic E-state index is 11.3. The number of carbonyl (C=O) groups is 1. The standard InChI is InChI=1S/C10H11NO4S/c11-16(13,14)9-3-1-2-7(6-12)10(9)15-8-4-5-8/h1-3,6,8H,4-5H2,(H2,11,13,14). The van der Waals surface area contributed by atoms with Crippen LogP contribution in [0.25, 0.3) is 0 Å². The highest BCUT2D eigenvalue weighted by molar-refractivity contribution is 7.89. The fraction of sp³-hybridized carbons (Fsp3) is 0.300. The molecule has 0 aromatic heterocycles. The molecule has 1 aliphatic rings. The number of carbonyl (C=O) groups excluding carboxylic acids is 1. The highest BCUT2D eigenvalue weighted by atomic mass is 32.2. The van der Waals surface area contributed by atoms with Crippen molar-refractivity contribution in [2.45, 2.75) is 23.8 Å². The molecule has 1 aliphatic carbocycles. The molecular weight excluding hydrogens is 230 g/mol. The fourth-order valence-corrected chi connectivity index (χ4v) is 2.02. The van der Waals surface area contributed by atoms with E-state index < -0.39 is 10.0 Å². The summed E-state index contributed by atoms with van der Waals surface area (Å²) in [6, 6.07) is 4.29. The Kier molecular flexibility index (Phi) is 2.69. The number of para-hydroxylation sites is 1. The van der Waals surface area contributed by atoms with Crippen molar-refractivity contribution in [2.75, 3.05) is 0 Å². The van der Waals surface area contributed by atoms with Crippen LogP contribution >= 0.6 is 0 Å². The molecule has 1 saturated carbocycles. The van der Waals surface area contributed by atoms with Crippen LogP contribution in [0, 0.1) is 0 Å². The van der Waals surface area contributed by atoms with Gasteiger partial charge in [-0.05, 0) is 25.0 Å². The lowest BCUT2D eigenvalue weighted by Crippen LogP contribution is -2.15. The van der Waals surface area contributed by atoms with Gasteiger partial charge >= 0.3 is 0 Å². The summed E-state index contributed by atoms with van der Waals surface area (Å²) >= 11 is 0. The van der Waals surface area contributed by atoms with Gasteiger partial charge in [-0.25, -0.2) is 13.6 Å². The van der Waals surface area contributed by atoms with E-state index in [0.29, 0.717) is 6.29 Å². The third-order valence-electron chi connectivity index (χ3n) is 2.25. The molecule has 5 nitrogen and oxygen atoms in total. The number of nitrogens with two attached hydrogens (primary N) is 1. The second-order valence-electron chi connectivity index (χ2n) is 3.65. The van der Waals surface area contributed by atoms with Crippen molar-refractivity contribution < 1.29 is 17.9 Å². The van der Waals surface area contributed by atoms with Crippen molar-refractivity contribution in [1.82, 2.24) is 0 Å². The molecule has 1 aromatic rings. The van der Waals surface area contributed by atoms with E-state index in [4.69, 9.17) is 9.88 Å². The first-order chi connectivity index (χ1) is 7.52. The van der Waals surface area contributed by atoms with Crippen LogP contribution in [0.1, 0.15) is 23.2 Å². The van der Waals surface area contributed by atoms with Crippen LogP contribution in [0.4, 0.5) is 0 Å². The van der Waals surface area contributed by atoms with Gasteiger partial charge in [0, 0.05) is 0 Å². The minimum Gasteiger partial charge on any atom is -0.488 e. The van der Waals surface area contributed by atoms with Crippen molar-refractivity contribution in [3.8, 4) is 5.75 Å². The van der Waals surface area contributed by atoms with E-state index in [1.54, 1.807) is 0 Å². The molecule has 2 rings (SSSR count). The second-order valence-corrected chi connectivity index (χ2v) is 5.18. The third-order valence-corrected chi connectivity index (χ3v) is 3.19. The highest BCUT2D eigenvalue weighted by Gasteiger charge is 2.28. The largest absolute Gasteiger partial charge is 0.488 e. The lowest BCUT2D eigenvalue weighted by molar-refractivity contribution is 0.111. The minimum atomic E-state index is -3.87. The van der Waals surface area contributed by atoms with Crippen LogP contribution in [0.15, 0.2) is 23.1 Å². The van der Waals surface area contributed by atoms with Gasteiger partial charge in [0.15, 0.2) is 6.29 Å². The van der Waals surface area contributed by atoms with Gasteiger partial charge in [0.1, 0.15) is 10.6 Å². The van der Waals surface area contributed by atoms with Crippen molar-refractivity contribution in [3.05, 3.63) is 23.8 Å². The molecule has 1 fully saturated rings. The molecular formula is C10H11NO4S. The topological polar surface area (TPSA) is 86.5 Å². The number of rotatable bonds is 4. The average Bonchev–Trinajstić information content (AvgIpc) is 3.00. The molecule has 2 N–H and O–H groups in total. The van der Waals surface area contributed by atoms with Crippen molar-refractivity contribution >= 4 is 16.3 Å². The van der Waals surface area contributed by atoms with E-state index in [2.05, 4.69) is 0 Å². The number of sulfonamides is 1. The van der Waals surface area contributed by atoms with Gasteiger partial charge in [0.05, 0.1) is 11.7 Å². The summed E-state index contributed by atoms with van der Waals surface area (Å²) in [6.07, 6.45) is 2.31. The van der Waals surface area contributed by atoms with Crippen LogP contribution < -0.4 is 9.88 Å². The second kappa shape index (κ2) is 3.88. The Hall–Kier alpha value is -1.40. The molecule has 86 valence electrons. The summed E-state index contributed by atoms with van der Waals surface area (Å²) in [7, 11) is -3.87. The van der Waals surface area contributed by atoms with Crippen LogP contribution in [-0.2, 0) is 10.0 Å².